The first-order valence-electron chi connectivity index (χ1n) is 18.2. The lowest BCUT2D eigenvalue weighted by molar-refractivity contribution is 0.101. The van der Waals surface area contributed by atoms with Gasteiger partial charge >= 0.3 is 0 Å². The molecule has 4 heterocycles. The van der Waals surface area contributed by atoms with Gasteiger partial charge in [0.15, 0.2) is 10.3 Å². The summed E-state index contributed by atoms with van der Waals surface area (Å²) >= 11 is 6.50. The number of aryl methyl sites for hydroxylation is 3. The Bertz CT molecular complexity index is 2730. The molecule has 4 aromatic heterocycles. The van der Waals surface area contributed by atoms with Crippen molar-refractivity contribution in [2.75, 3.05) is 21.3 Å². The van der Waals surface area contributed by atoms with Gasteiger partial charge in [-0.25, -0.2) is 14.4 Å². The molecule has 294 valence electrons. The Balaban J connectivity index is 0.000000179. The van der Waals surface area contributed by atoms with E-state index >= 15 is 0 Å². The molecular formula is C45H36BrFN8O2S2. The van der Waals surface area contributed by atoms with Crippen molar-refractivity contribution in [1.29, 1.82) is 0 Å². The number of anilines is 6. The van der Waals surface area contributed by atoms with Crippen LogP contribution in [0.5, 0.6) is 0 Å². The van der Waals surface area contributed by atoms with Crippen LogP contribution in [0.4, 0.5) is 37.4 Å². The highest BCUT2D eigenvalue weighted by atomic mass is 79.9. The maximum absolute atomic E-state index is 13.0. The number of hydrogen-bond donors (Lipinski definition) is 4. The van der Waals surface area contributed by atoms with Gasteiger partial charge in [0.05, 0.1) is 11.4 Å². The van der Waals surface area contributed by atoms with Gasteiger partial charge in [0, 0.05) is 85.0 Å². The van der Waals surface area contributed by atoms with Crippen molar-refractivity contribution in [2.45, 2.75) is 20.8 Å². The molecule has 0 saturated heterocycles. The SMILES string of the molecule is Cc1ccc(C(=O)Nc2ccc(C)c(Nc3nc(-c4cccnc4)cs3)c2)cc1Br.Cc1ccc(NC(=O)c2ccc(F)cc2)cc1Nc1nc(-c2cccnc2)cs1. The number of hydrogen-bond acceptors (Lipinski definition) is 10. The highest BCUT2D eigenvalue weighted by molar-refractivity contribution is 9.10. The van der Waals surface area contributed by atoms with Crippen molar-refractivity contribution in [3.63, 3.8) is 0 Å². The number of amides is 2. The average Bonchev–Trinajstić information content (AvgIpc) is 3.93. The molecule has 0 atom stereocenters. The molecule has 8 rings (SSSR count). The monoisotopic (exact) mass is 882 g/mol. The highest BCUT2D eigenvalue weighted by Gasteiger charge is 2.13. The summed E-state index contributed by atoms with van der Waals surface area (Å²) in [6.07, 6.45) is 7.04. The van der Waals surface area contributed by atoms with Crippen LogP contribution >= 0.6 is 38.6 Å². The van der Waals surface area contributed by atoms with Gasteiger partial charge in [-0.1, -0.05) is 34.1 Å². The van der Waals surface area contributed by atoms with Crippen LogP contribution in [0.3, 0.4) is 0 Å². The fraction of sp³-hybridized carbons (Fsp3) is 0.0667. The molecule has 59 heavy (non-hydrogen) atoms. The fourth-order valence-corrected chi connectivity index (χ4v) is 7.44. The number of pyridine rings is 2. The van der Waals surface area contributed by atoms with Crippen LogP contribution in [0.15, 0.2) is 143 Å². The summed E-state index contributed by atoms with van der Waals surface area (Å²) in [6.45, 7) is 5.98. The smallest absolute Gasteiger partial charge is 0.255 e. The molecule has 0 spiro atoms. The van der Waals surface area contributed by atoms with Gasteiger partial charge in [0.1, 0.15) is 5.82 Å². The van der Waals surface area contributed by atoms with E-state index in [-0.39, 0.29) is 17.6 Å². The first-order chi connectivity index (χ1) is 28.6. The van der Waals surface area contributed by atoms with E-state index in [4.69, 9.17) is 0 Å². The van der Waals surface area contributed by atoms with Gasteiger partial charge in [-0.05, 0) is 122 Å². The van der Waals surface area contributed by atoms with E-state index in [2.05, 4.69) is 57.1 Å². The third-order valence-corrected chi connectivity index (χ3v) is 11.3. The van der Waals surface area contributed by atoms with Crippen molar-refractivity contribution < 1.29 is 14.0 Å². The first-order valence-corrected chi connectivity index (χ1v) is 20.7. The third-order valence-electron chi connectivity index (χ3n) is 8.94. The van der Waals surface area contributed by atoms with Crippen LogP contribution in [-0.2, 0) is 0 Å². The van der Waals surface area contributed by atoms with Crippen LogP contribution < -0.4 is 21.3 Å². The van der Waals surface area contributed by atoms with Gasteiger partial charge in [0.2, 0.25) is 0 Å². The number of benzene rings is 4. The minimum atomic E-state index is -0.377. The lowest BCUT2D eigenvalue weighted by atomic mass is 10.1. The van der Waals surface area contributed by atoms with Crippen molar-refractivity contribution in [3.05, 3.63) is 177 Å². The Kier molecular flexibility index (Phi) is 12.9. The quantitative estimate of drug-likeness (QED) is 0.107. The molecule has 8 aromatic rings. The van der Waals surface area contributed by atoms with Crippen molar-refractivity contribution in [1.82, 2.24) is 19.9 Å². The lowest BCUT2D eigenvalue weighted by Gasteiger charge is -2.11. The minimum absolute atomic E-state index is 0.154. The highest BCUT2D eigenvalue weighted by Crippen LogP contribution is 2.31. The molecule has 0 radical (unpaired) electrons. The molecule has 0 fully saturated rings. The molecule has 0 aliphatic carbocycles. The van der Waals surface area contributed by atoms with Gasteiger partial charge < -0.3 is 21.3 Å². The Labute approximate surface area is 356 Å². The zero-order chi connectivity index (χ0) is 41.3. The number of carbonyl (C=O) groups is 2. The molecule has 0 aliphatic heterocycles. The Morgan fingerprint density at radius 3 is 1.54 bits per heavy atom. The summed E-state index contributed by atoms with van der Waals surface area (Å²) in [5, 5.41) is 18.0. The van der Waals surface area contributed by atoms with Crippen LogP contribution in [0, 0.1) is 26.6 Å². The average molecular weight is 884 g/mol. The second-order valence-corrected chi connectivity index (χ2v) is 15.8. The number of rotatable bonds is 10. The summed E-state index contributed by atoms with van der Waals surface area (Å²) in [5.74, 6) is -0.830. The summed E-state index contributed by atoms with van der Waals surface area (Å²) in [4.78, 5) is 42.5. The van der Waals surface area contributed by atoms with Gasteiger partial charge in [0.25, 0.3) is 11.8 Å². The summed E-state index contributed by atoms with van der Waals surface area (Å²) < 4.78 is 14.0. The molecule has 10 nitrogen and oxygen atoms in total. The first kappa shape index (κ1) is 40.6. The minimum Gasteiger partial charge on any atom is -0.331 e. The van der Waals surface area contributed by atoms with Crippen LogP contribution in [0.2, 0.25) is 0 Å². The zero-order valence-corrected chi connectivity index (χ0v) is 35.2. The molecule has 0 aliphatic rings. The van der Waals surface area contributed by atoms with Crippen LogP contribution in [0.1, 0.15) is 37.4 Å². The molecule has 0 bridgehead atoms. The normalized spacial score (nSPS) is 10.6. The Morgan fingerprint density at radius 2 is 1.07 bits per heavy atom. The van der Waals surface area contributed by atoms with Crippen LogP contribution in [0.25, 0.3) is 22.5 Å². The maximum Gasteiger partial charge on any atom is 0.255 e. The molecule has 4 N–H and O–H groups in total. The molecule has 0 unspecified atom stereocenters. The van der Waals surface area contributed by atoms with E-state index in [9.17, 15) is 14.0 Å². The van der Waals surface area contributed by atoms with Gasteiger partial charge in [-0.2, -0.15) is 0 Å². The standard InChI is InChI=1S/C23H19BrN4OS.C22H17FN4OS/c1-14-5-7-16(10-19(14)24)22(29)26-18-8-6-15(2)20(11-18)27-23-28-21(13-30-23)17-4-3-9-25-12-17;1-14-4-9-18(25-21(28)15-5-7-17(23)8-6-15)11-19(14)26-22-27-20(13-29-22)16-3-2-10-24-12-16/h3-13H,1-2H3,(H,26,29)(H,27,28);2-13H,1H3,(H,25,28)(H,26,27). The number of thiazole rings is 2. The number of nitrogens with zero attached hydrogens (tertiary/aromatic N) is 4. The van der Waals surface area contributed by atoms with Gasteiger partial charge in [-0.3, -0.25) is 19.6 Å². The van der Waals surface area contributed by atoms with E-state index in [0.717, 1.165) is 65.3 Å². The number of carbonyl (C=O) groups excluding carboxylic acids is 2. The fourth-order valence-electron chi connectivity index (χ4n) is 5.60. The molecular weight excluding hydrogens is 848 g/mol. The summed E-state index contributed by atoms with van der Waals surface area (Å²) in [6, 6.07) is 30.1. The predicted molar refractivity (Wildman–Crippen MR) is 241 cm³/mol. The lowest BCUT2D eigenvalue weighted by Crippen LogP contribution is -2.12. The van der Waals surface area contributed by atoms with Crippen molar-refractivity contribution in [2.24, 2.45) is 0 Å². The maximum atomic E-state index is 13.0. The number of nitrogens with one attached hydrogen (secondary N) is 4. The second kappa shape index (κ2) is 18.8. The van der Waals surface area contributed by atoms with E-state index in [1.807, 2.05) is 110 Å². The number of halogens is 2. The molecule has 2 amide bonds. The molecule has 4 aromatic carbocycles. The second-order valence-electron chi connectivity index (χ2n) is 13.2. The van der Waals surface area contributed by atoms with E-state index in [1.165, 1.54) is 46.9 Å². The zero-order valence-electron chi connectivity index (χ0n) is 32.0. The third kappa shape index (κ3) is 10.7. The van der Waals surface area contributed by atoms with E-state index < -0.39 is 0 Å². The molecule has 14 heteroatoms. The van der Waals surface area contributed by atoms with E-state index in [1.54, 1.807) is 24.8 Å². The van der Waals surface area contributed by atoms with E-state index in [0.29, 0.717) is 22.5 Å². The number of aromatic nitrogens is 4. The summed E-state index contributed by atoms with van der Waals surface area (Å²) in [7, 11) is 0. The Hall–Kier alpha value is -6.61. The van der Waals surface area contributed by atoms with Gasteiger partial charge in [-0.15, -0.1) is 22.7 Å². The van der Waals surface area contributed by atoms with Crippen molar-refractivity contribution >= 4 is 83.4 Å². The van der Waals surface area contributed by atoms with Crippen LogP contribution in [-0.4, -0.2) is 31.8 Å². The van der Waals surface area contributed by atoms with Crippen molar-refractivity contribution in [3.8, 4) is 22.5 Å². The Morgan fingerprint density at radius 1 is 0.593 bits per heavy atom. The predicted octanol–water partition coefficient (Wildman–Crippen LogP) is 12.2. The summed E-state index contributed by atoms with van der Waals surface area (Å²) in [5.41, 5.74) is 10.9. The molecule has 0 saturated carbocycles. The largest absolute Gasteiger partial charge is 0.331 e. The topological polar surface area (TPSA) is 134 Å².